The molecule has 0 radical (unpaired) electrons. The molecule has 0 bridgehead atoms. The zero-order chi connectivity index (χ0) is 17.6. The average Bonchev–Trinajstić information content (AvgIpc) is 3.12. The van der Waals surface area contributed by atoms with Crippen molar-refractivity contribution in [3.63, 3.8) is 0 Å². The smallest absolute Gasteiger partial charge is 0.327 e. The molecule has 3 aromatic rings. The standard InChI is InChI=1S/C18H13N3O4/c22-16-10-5-1-2-6-11(10)17(23)21(16)14(18(24)25)9-15-19-12-7-3-4-8-13(12)20-15/h1-8,14H,9H2,(H,19,20)(H,24,25). The van der Waals surface area contributed by atoms with Crippen molar-refractivity contribution in [1.82, 2.24) is 14.9 Å². The number of rotatable bonds is 4. The number of benzene rings is 2. The monoisotopic (exact) mass is 335 g/mol. The SMILES string of the molecule is O=C(O)C(Cc1nc2ccccc2[nH]1)N1C(=O)c2ccccc2C1=O. The zero-order valence-electron chi connectivity index (χ0n) is 13.0. The Morgan fingerprint density at radius 2 is 1.64 bits per heavy atom. The molecular weight excluding hydrogens is 322 g/mol. The molecule has 0 fully saturated rings. The Morgan fingerprint density at radius 1 is 1.04 bits per heavy atom. The van der Waals surface area contributed by atoms with E-state index in [-0.39, 0.29) is 17.5 Å². The Kier molecular flexibility index (Phi) is 3.35. The number of H-pyrrole nitrogens is 1. The molecule has 124 valence electrons. The largest absolute Gasteiger partial charge is 0.480 e. The topological polar surface area (TPSA) is 103 Å². The summed E-state index contributed by atoms with van der Waals surface area (Å²) in [6.45, 7) is 0. The van der Waals surface area contributed by atoms with Gasteiger partial charge in [-0.15, -0.1) is 0 Å². The van der Waals surface area contributed by atoms with Crippen LogP contribution in [0.5, 0.6) is 0 Å². The Morgan fingerprint density at radius 3 is 2.24 bits per heavy atom. The third-order valence-corrected chi connectivity index (χ3v) is 4.25. The Labute approximate surface area is 141 Å². The normalized spacial score (nSPS) is 14.8. The van der Waals surface area contributed by atoms with Gasteiger partial charge in [-0.25, -0.2) is 9.78 Å². The van der Waals surface area contributed by atoms with Crippen molar-refractivity contribution in [2.24, 2.45) is 0 Å². The van der Waals surface area contributed by atoms with Crippen molar-refractivity contribution < 1.29 is 19.5 Å². The van der Waals surface area contributed by atoms with E-state index in [0.29, 0.717) is 11.3 Å². The first kappa shape index (κ1) is 15.1. The van der Waals surface area contributed by atoms with Gasteiger partial charge in [0.1, 0.15) is 11.9 Å². The van der Waals surface area contributed by atoms with E-state index in [2.05, 4.69) is 9.97 Å². The number of carbonyl (C=O) groups is 3. The minimum Gasteiger partial charge on any atom is -0.480 e. The van der Waals surface area contributed by atoms with E-state index in [1.165, 1.54) is 12.1 Å². The number of amides is 2. The van der Waals surface area contributed by atoms with Crippen molar-refractivity contribution in [2.75, 3.05) is 0 Å². The van der Waals surface area contributed by atoms with Crippen molar-refractivity contribution >= 4 is 28.8 Å². The molecule has 1 aliphatic heterocycles. The van der Waals surface area contributed by atoms with E-state index in [9.17, 15) is 19.5 Å². The van der Waals surface area contributed by atoms with E-state index in [4.69, 9.17) is 0 Å². The van der Waals surface area contributed by atoms with E-state index < -0.39 is 23.8 Å². The highest BCUT2D eigenvalue weighted by Gasteiger charge is 2.43. The second-order valence-electron chi connectivity index (χ2n) is 5.78. The molecule has 25 heavy (non-hydrogen) atoms. The highest BCUT2D eigenvalue weighted by molar-refractivity contribution is 6.22. The van der Waals surface area contributed by atoms with Crippen LogP contribution in [0.4, 0.5) is 0 Å². The molecule has 1 atom stereocenters. The lowest BCUT2D eigenvalue weighted by Crippen LogP contribution is -2.46. The predicted octanol–water partition coefficient (Wildman–Crippen LogP) is 1.85. The maximum Gasteiger partial charge on any atom is 0.327 e. The third-order valence-electron chi connectivity index (χ3n) is 4.25. The summed E-state index contributed by atoms with van der Waals surface area (Å²) >= 11 is 0. The summed E-state index contributed by atoms with van der Waals surface area (Å²) in [5, 5.41) is 9.60. The van der Waals surface area contributed by atoms with Crippen LogP contribution in [0.2, 0.25) is 0 Å². The van der Waals surface area contributed by atoms with Crippen molar-refractivity contribution in [1.29, 1.82) is 0 Å². The van der Waals surface area contributed by atoms with Crippen LogP contribution < -0.4 is 0 Å². The van der Waals surface area contributed by atoms with Crippen LogP contribution in [0.15, 0.2) is 48.5 Å². The summed E-state index contributed by atoms with van der Waals surface area (Å²) in [6.07, 6.45) is -0.0878. The van der Waals surface area contributed by atoms with Crippen molar-refractivity contribution in [3.05, 3.63) is 65.5 Å². The van der Waals surface area contributed by atoms with Gasteiger partial charge in [0, 0.05) is 6.42 Å². The molecule has 0 spiro atoms. The van der Waals surface area contributed by atoms with Gasteiger partial charge >= 0.3 is 5.97 Å². The maximum absolute atomic E-state index is 12.5. The summed E-state index contributed by atoms with van der Waals surface area (Å²) in [5.74, 6) is -2.03. The van der Waals surface area contributed by atoms with Crippen LogP contribution >= 0.6 is 0 Å². The fourth-order valence-electron chi connectivity index (χ4n) is 3.07. The molecule has 2 aromatic carbocycles. The molecule has 4 rings (SSSR count). The summed E-state index contributed by atoms with van der Waals surface area (Å²) in [7, 11) is 0. The zero-order valence-corrected chi connectivity index (χ0v) is 13.0. The van der Waals surface area contributed by atoms with Gasteiger partial charge in [-0.3, -0.25) is 14.5 Å². The number of hydrogen-bond donors (Lipinski definition) is 2. The minimum atomic E-state index is -1.33. The number of aromatic nitrogens is 2. The maximum atomic E-state index is 12.5. The molecule has 0 aliphatic carbocycles. The molecule has 1 unspecified atom stereocenters. The van der Waals surface area contributed by atoms with Gasteiger partial charge in [0.05, 0.1) is 22.2 Å². The van der Waals surface area contributed by atoms with E-state index >= 15 is 0 Å². The lowest BCUT2D eigenvalue weighted by Gasteiger charge is -2.21. The number of nitrogens with zero attached hydrogens (tertiary/aromatic N) is 2. The molecule has 2 heterocycles. The predicted molar refractivity (Wildman–Crippen MR) is 88.2 cm³/mol. The number of imidazole rings is 1. The number of carbonyl (C=O) groups excluding carboxylic acids is 2. The fraction of sp³-hybridized carbons (Fsp3) is 0.111. The quantitative estimate of drug-likeness (QED) is 0.708. The first-order valence-electron chi connectivity index (χ1n) is 7.69. The molecule has 7 heteroatoms. The third kappa shape index (κ3) is 2.37. The molecule has 7 nitrogen and oxygen atoms in total. The lowest BCUT2D eigenvalue weighted by atomic mass is 10.1. The molecule has 2 N–H and O–H groups in total. The summed E-state index contributed by atoms with van der Waals surface area (Å²) in [4.78, 5) is 45.0. The van der Waals surface area contributed by atoms with E-state index in [1.807, 2.05) is 18.2 Å². The van der Waals surface area contributed by atoms with Gasteiger partial charge in [0.2, 0.25) is 0 Å². The van der Waals surface area contributed by atoms with Gasteiger partial charge in [-0.1, -0.05) is 24.3 Å². The minimum absolute atomic E-state index is 0.0878. The van der Waals surface area contributed by atoms with Crippen LogP contribution in [-0.2, 0) is 11.2 Å². The highest BCUT2D eigenvalue weighted by atomic mass is 16.4. The lowest BCUT2D eigenvalue weighted by molar-refractivity contribution is -0.141. The molecule has 0 saturated heterocycles. The number of nitrogens with one attached hydrogen (secondary N) is 1. The van der Waals surface area contributed by atoms with Crippen LogP contribution in [0, 0.1) is 0 Å². The summed E-state index contributed by atoms with van der Waals surface area (Å²) in [6, 6.07) is 12.3. The Hall–Kier alpha value is -3.48. The number of fused-ring (bicyclic) bond motifs is 2. The van der Waals surface area contributed by atoms with Crippen molar-refractivity contribution in [2.45, 2.75) is 12.5 Å². The highest BCUT2D eigenvalue weighted by Crippen LogP contribution is 2.26. The molecule has 1 aromatic heterocycles. The van der Waals surface area contributed by atoms with Crippen molar-refractivity contribution in [3.8, 4) is 0 Å². The van der Waals surface area contributed by atoms with Crippen LogP contribution in [0.25, 0.3) is 11.0 Å². The fourth-order valence-corrected chi connectivity index (χ4v) is 3.07. The molecule has 0 saturated carbocycles. The number of para-hydroxylation sites is 2. The Bertz CT molecular complexity index is 956. The van der Waals surface area contributed by atoms with Crippen LogP contribution in [-0.4, -0.2) is 43.8 Å². The second kappa shape index (κ2) is 5.55. The Balaban J connectivity index is 1.69. The molecular formula is C18H13N3O4. The molecule has 1 aliphatic rings. The van der Waals surface area contributed by atoms with E-state index in [0.717, 1.165) is 10.4 Å². The average molecular weight is 335 g/mol. The number of carboxylic acids is 1. The number of hydrogen-bond acceptors (Lipinski definition) is 4. The first-order chi connectivity index (χ1) is 12.1. The number of imide groups is 1. The van der Waals surface area contributed by atoms with Gasteiger partial charge in [-0.05, 0) is 24.3 Å². The summed E-state index contributed by atoms with van der Waals surface area (Å²) in [5.41, 5.74) is 1.92. The van der Waals surface area contributed by atoms with Gasteiger partial charge in [0.15, 0.2) is 0 Å². The van der Waals surface area contributed by atoms with Gasteiger partial charge in [-0.2, -0.15) is 0 Å². The number of aliphatic carboxylic acids is 1. The van der Waals surface area contributed by atoms with Crippen LogP contribution in [0.1, 0.15) is 26.5 Å². The summed E-state index contributed by atoms with van der Waals surface area (Å²) < 4.78 is 0. The van der Waals surface area contributed by atoms with Crippen LogP contribution in [0.3, 0.4) is 0 Å². The first-order valence-corrected chi connectivity index (χ1v) is 7.69. The van der Waals surface area contributed by atoms with Gasteiger partial charge < -0.3 is 10.1 Å². The number of aromatic amines is 1. The second-order valence-corrected chi connectivity index (χ2v) is 5.78. The molecule has 2 amide bonds. The van der Waals surface area contributed by atoms with Gasteiger partial charge in [0.25, 0.3) is 11.8 Å². The number of carboxylic acid groups (broad SMARTS) is 1. The van der Waals surface area contributed by atoms with E-state index in [1.54, 1.807) is 18.2 Å².